The molecular formula is C18H19N7O7S. The van der Waals surface area contributed by atoms with Crippen molar-refractivity contribution < 1.29 is 27.7 Å². The van der Waals surface area contributed by atoms with Gasteiger partial charge in [-0.05, 0) is 24.3 Å². The minimum Gasteiger partial charge on any atom is -0.480 e. The largest absolute Gasteiger partial charge is 0.480 e. The molecule has 3 rings (SSSR count). The van der Waals surface area contributed by atoms with Gasteiger partial charge in [-0.1, -0.05) is 0 Å². The molecule has 174 valence electrons. The molecule has 0 fully saturated rings. The van der Waals surface area contributed by atoms with E-state index in [1.165, 1.54) is 18.3 Å². The first kappa shape index (κ1) is 23.6. The van der Waals surface area contributed by atoms with Crippen molar-refractivity contribution in [2.24, 2.45) is 0 Å². The fourth-order valence-corrected chi connectivity index (χ4v) is 3.52. The Bertz CT molecular complexity index is 1370. The van der Waals surface area contributed by atoms with Crippen molar-refractivity contribution in [1.82, 2.24) is 25.3 Å². The van der Waals surface area contributed by atoms with Gasteiger partial charge < -0.3 is 21.1 Å². The Morgan fingerprint density at radius 3 is 2.52 bits per heavy atom. The van der Waals surface area contributed by atoms with Crippen LogP contribution in [0.2, 0.25) is 0 Å². The van der Waals surface area contributed by atoms with Crippen molar-refractivity contribution in [2.45, 2.75) is 12.6 Å². The number of nitrogen functional groups attached to an aromatic ring is 1. The molecule has 0 aliphatic rings. The van der Waals surface area contributed by atoms with Crippen molar-refractivity contribution in [1.29, 1.82) is 0 Å². The molecule has 0 saturated heterocycles. The highest BCUT2D eigenvalue weighted by molar-refractivity contribution is 7.85. The van der Waals surface area contributed by atoms with E-state index in [-0.39, 0.29) is 29.2 Å². The number of aromatic nitrogens is 4. The Kier molecular flexibility index (Phi) is 6.55. The van der Waals surface area contributed by atoms with Crippen LogP contribution in [0.3, 0.4) is 0 Å². The number of nitrogens with two attached hydrogens (primary N) is 1. The van der Waals surface area contributed by atoms with Gasteiger partial charge in [0.2, 0.25) is 5.95 Å². The van der Waals surface area contributed by atoms with E-state index in [9.17, 15) is 22.8 Å². The molecule has 1 atom stereocenters. The molecule has 2 aromatic heterocycles. The van der Waals surface area contributed by atoms with E-state index < -0.39 is 39.3 Å². The van der Waals surface area contributed by atoms with Crippen LogP contribution in [0.15, 0.2) is 35.3 Å². The van der Waals surface area contributed by atoms with Gasteiger partial charge in [0.05, 0.1) is 18.4 Å². The third-order valence-electron chi connectivity index (χ3n) is 4.44. The number of hydrogen-bond acceptors (Lipinski definition) is 10. The maximum Gasteiger partial charge on any atom is 0.327 e. The van der Waals surface area contributed by atoms with Crippen molar-refractivity contribution in [3.05, 3.63) is 52.1 Å². The molecule has 15 heteroatoms. The lowest BCUT2D eigenvalue weighted by Gasteiger charge is -2.19. The van der Waals surface area contributed by atoms with E-state index in [4.69, 9.17) is 15.4 Å². The van der Waals surface area contributed by atoms with Gasteiger partial charge in [-0.15, -0.1) is 0 Å². The zero-order valence-corrected chi connectivity index (χ0v) is 17.9. The molecule has 0 aliphatic carbocycles. The molecule has 3 aromatic rings. The molecular weight excluding hydrogens is 458 g/mol. The predicted molar refractivity (Wildman–Crippen MR) is 116 cm³/mol. The van der Waals surface area contributed by atoms with Gasteiger partial charge in [-0.2, -0.15) is 13.4 Å². The lowest BCUT2D eigenvalue weighted by atomic mass is 10.1. The lowest BCUT2D eigenvalue weighted by molar-refractivity contribution is -0.138. The summed E-state index contributed by atoms with van der Waals surface area (Å²) in [4.78, 5) is 51.8. The fraction of sp³-hybridized carbons (Fsp3) is 0.222. The number of nitrogens with zero attached hydrogens (tertiary/aromatic N) is 4. The number of carbonyl (C=O) groups excluding carboxylic acids is 1. The van der Waals surface area contributed by atoms with Crippen LogP contribution in [0.1, 0.15) is 16.1 Å². The minimum absolute atomic E-state index is 0.0417. The number of hydrogen-bond donors (Lipinski definition) is 5. The summed E-state index contributed by atoms with van der Waals surface area (Å²) in [5, 5.41) is 11.1. The maximum absolute atomic E-state index is 12.3. The van der Waals surface area contributed by atoms with E-state index in [2.05, 4.69) is 19.9 Å². The normalized spacial score (nSPS) is 12.3. The molecule has 0 radical (unpaired) electrons. The Morgan fingerprint density at radius 2 is 1.91 bits per heavy atom. The van der Waals surface area contributed by atoms with Gasteiger partial charge in [-0.3, -0.25) is 19.1 Å². The van der Waals surface area contributed by atoms with E-state index >= 15 is 0 Å². The Hall–Kier alpha value is -4.11. The number of fused-ring (bicyclic) bond motifs is 1. The summed E-state index contributed by atoms with van der Waals surface area (Å²) in [6.45, 7) is 0.258. The molecule has 1 amide bonds. The van der Waals surface area contributed by atoms with Crippen molar-refractivity contribution >= 4 is 44.8 Å². The molecule has 6 N–H and O–H groups in total. The Labute approximate surface area is 186 Å². The van der Waals surface area contributed by atoms with Crippen molar-refractivity contribution in [3.63, 3.8) is 0 Å². The second kappa shape index (κ2) is 9.17. The van der Waals surface area contributed by atoms with Gasteiger partial charge >= 0.3 is 5.97 Å². The molecule has 33 heavy (non-hydrogen) atoms. The number of rotatable bonds is 8. The quantitative estimate of drug-likeness (QED) is 0.247. The summed E-state index contributed by atoms with van der Waals surface area (Å²) in [7, 11) is -2.87. The summed E-state index contributed by atoms with van der Waals surface area (Å²) in [5.41, 5.74) is 6.33. The molecule has 1 aromatic carbocycles. The van der Waals surface area contributed by atoms with Crippen LogP contribution < -0.4 is 21.5 Å². The number of anilines is 2. The summed E-state index contributed by atoms with van der Waals surface area (Å²) in [6.07, 6.45) is 1.45. The van der Waals surface area contributed by atoms with Crippen molar-refractivity contribution in [2.75, 3.05) is 23.4 Å². The third kappa shape index (κ3) is 5.98. The van der Waals surface area contributed by atoms with Gasteiger partial charge in [0.1, 0.15) is 11.8 Å². The standard InChI is InChI=1S/C18H19N7O7S/c1-25(7-10-6-20-14-13(21-10)16(27)24-18(19)23-14)11-4-2-9(3-5-11)15(26)22-12(17(28)29)8-33(30,31)32/h2-6,12H,7-8H2,1H3,(H,22,26)(H,28,29)(H,30,31,32)(H3,19,20,23,24,27)/t12-/m0/s1. The number of carboxylic acid groups (broad SMARTS) is 1. The Morgan fingerprint density at radius 1 is 1.24 bits per heavy atom. The highest BCUT2D eigenvalue weighted by atomic mass is 32.2. The number of amides is 1. The second-order valence-corrected chi connectivity index (χ2v) is 8.50. The third-order valence-corrected chi connectivity index (χ3v) is 5.19. The SMILES string of the molecule is CN(Cc1cnc2nc(N)[nH]c(=O)c2n1)c1ccc(C(=O)N[C@@H](CS(=O)(=O)O)C(=O)O)cc1. The van der Waals surface area contributed by atoms with Crippen LogP contribution in [0, 0.1) is 0 Å². The molecule has 0 saturated carbocycles. The lowest BCUT2D eigenvalue weighted by Crippen LogP contribution is -2.45. The predicted octanol–water partition coefficient (Wildman–Crippen LogP) is -0.997. The zero-order valence-electron chi connectivity index (χ0n) is 17.1. The first-order chi connectivity index (χ1) is 15.4. The Balaban J connectivity index is 1.71. The number of nitrogens with one attached hydrogen (secondary N) is 2. The first-order valence-corrected chi connectivity index (χ1v) is 10.9. The van der Waals surface area contributed by atoms with Crippen LogP contribution in [0.5, 0.6) is 0 Å². The van der Waals surface area contributed by atoms with E-state index in [1.807, 2.05) is 5.32 Å². The number of H-pyrrole nitrogens is 1. The van der Waals surface area contributed by atoms with Gasteiger partial charge in [0, 0.05) is 18.3 Å². The second-order valence-electron chi connectivity index (χ2n) is 7.00. The van der Waals surface area contributed by atoms with Crippen LogP contribution in [0.25, 0.3) is 11.2 Å². The molecule has 0 bridgehead atoms. The number of carboxylic acids is 1. The summed E-state index contributed by atoms with van der Waals surface area (Å²) < 4.78 is 30.7. The average molecular weight is 477 g/mol. The first-order valence-electron chi connectivity index (χ1n) is 9.24. The summed E-state index contributed by atoms with van der Waals surface area (Å²) >= 11 is 0. The van der Waals surface area contributed by atoms with E-state index in [1.54, 1.807) is 24.1 Å². The molecule has 0 aliphatic heterocycles. The van der Waals surface area contributed by atoms with Crippen molar-refractivity contribution in [3.8, 4) is 0 Å². The number of carbonyl (C=O) groups is 2. The molecule has 2 heterocycles. The van der Waals surface area contributed by atoms with Crippen LogP contribution in [-0.2, 0) is 21.5 Å². The maximum atomic E-state index is 12.3. The van der Waals surface area contributed by atoms with Crippen LogP contribution in [0.4, 0.5) is 11.6 Å². The zero-order chi connectivity index (χ0) is 24.3. The van der Waals surface area contributed by atoms with Crippen LogP contribution in [-0.4, -0.2) is 68.7 Å². The molecule has 0 unspecified atom stereocenters. The summed E-state index contributed by atoms with van der Waals surface area (Å²) in [5.74, 6) is -3.66. The summed E-state index contributed by atoms with van der Waals surface area (Å²) in [6, 6.07) is 4.18. The van der Waals surface area contributed by atoms with Gasteiger partial charge in [0.25, 0.3) is 21.6 Å². The number of aliphatic carboxylic acids is 1. The average Bonchev–Trinajstić information content (AvgIpc) is 2.72. The van der Waals surface area contributed by atoms with Crippen LogP contribution >= 0.6 is 0 Å². The topological polar surface area (TPSA) is 222 Å². The molecule has 0 spiro atoms. The van der Waals surface area contributed by atoms with E-state index in [0.717, 1.165) is 0 Å². The highest BCUT2D eigenvalue weighted by Gasteiger charge is 2.26. The monoisotopic (exact) mass is 477 g/mol. The number of aromatic amines is 1. The minimum atomic E-state index is -4.61. The number of benzene rings is 1. The fourth-order valence-electron chi connectivity index (χ4n) is 2.88. The smallest absolute Gasteiger partial charge is 0.327 e. The van der Waals surface area contributed by atoms with Gasteiger partial charge in [0.15, 0.2) is 11.2 Å². The van der Waals surface area contributed by atoms with Gasteiger partial charge in [-0.25, -0.2) is 14.8 Å². The van der Waals surface area contributed by atoms with E-state index in [0.29, 0.717) is 11.4 Å². The highest BCUT2D eigenvalue weighted by Crippen LogP contribution is 2.16. The molecule has 14 nitrogen and oxygen atoms in total.